The fraction of sp³-hybridized carbons (Fsp3) is 0.167. The second-order valence-corrected chi connectivity index (χ2v) is 4.45. The molecule has 0 aliphatic rings. The van der Waals surface area contributed by atoms with Crippen LogP contribution in [0.3, 0.4) is 0 Å². The molecule has 0 aliphatic carbocycles. The second kappa shape index (κ2) is 3.84. The molecule has 0 aliphatic heterocycles. The minimum absolute atomic E-state index is 0.830. The van der Waals surface area contributed by atoms with E-state index in [-0.39, 0.29) is 0 Å². The molecule has 0 saturated carbocycles. The molecule has 14 heavy (non-hydrogen) atoms. The van der Waals surface area contributed by atoms with Gasteiger partial charge in [-0.05, 0) is 41.6 Å². The molecule has 0 radical (unpaired) electrons. The van der Waals surface area contributed by atoms with Crippen LogP contribution in [-0.4, -0.2) is 0 Å². The van der Waals surface area contributed by atoms with Gasteiger partial charge in [0, 0.05) is 17.0 Å². The van der Waals surface area contributed by atoms with Gasteiger partial charge < -0.3 is 5.73 Å². The van der Waals surface area contributed by atoms with Crippen LogP contribution in [0, 0.1) is 6.92 Å². The van der Waals surface area contributed by atoms with Crippen molar-refractivity contribution in [3.63, 3.8) is 0 Å². The monoisotopic (exact) mass is 203 g/mol. The zero-order valence-corrected chi connectivity index (χ0v) is 8.97. The first kappa shape index (κ1) is 9.28. The van der Waals surface area contributed by atoms with Crippen molar-refractivity contribution >= 4 is 17.0 Å². The summed E-state index contributed by atoms with van der Waals surface area (Å²) >= 11 is 1.82. The third kappa shape index (κ3) is 1.96. The highest BCUT2D eigenvalue weighted by molar-refractivity contribution is 7.10. The van der Waals surface area contributed by atoms with E-state index < -0.39 is 0 Å². The highest BCUT2D eigenvalue weighted by Crippen LogP contribution is 2.20. The van der Waals surface area contributed by atoms with Crippen LogP contribution in [0.5, 0.6) is 0 Å². The normalized spacial score (nSPS) is 10.4. The van der Waals surface area contributed by atoms with Gasteiger partial charge in [0.05, 0.1) is 0 Å². The van der Waals surface area contributed by atoms with Crippen LogP contribution in [0.4, 0.5) is 5.69 Å². The lowest BCUT2D eigenvalue weighted by atomic mass is 10.1. The molecule has 2 aromatic rings. The average molecular weight is 203 g/mol. The summed E-state index contributed by atoms with van der Waals surface area (Å²) in [5, 5.41) is 2.14. The molecule has 0 bridgehead atoms. The van der Waals surface area contributed by atoms with E-state index in [9.17, 15) is 0 Å². The number of hydrogen-bond donors (Lipinski definition) is 1. The summed E-state index contributed by atoms with van der Waals surface area (Å²) in [5.74, 6) is 0. The topological polar surface area (TPSA) is 26.0 Å². The van der Waals surface area contributed by atoms with Crippen molar-refractivity contribution in [3.8, 4) is 0 Å². The molecular formula is C12H13NS. The molecule has 2 heteroatoms. The number of benzene rings is 1. The van der Waals surface area contributed by atoms with Crippen molar-refractivity contribution in [2.45, 2.75) is 13.3 Å². The van der Waals surface area contributed by atoms with Crippen molar-refractivity contribution in [2.24, 2.45) is 0 Å². The molecule has 0 spiro atoms. The van der Waals surface area contributed by atoms with Gasteiger partial charge in [-0.2, -0.15) is 0 Å². The first-order valence-electron chi connectivity index (χ1n) is 4.63. The van der Waals surface area contributed by atoms with E-state index in [1.165, 1.54) is 16.0 Å². The van der Waals surface area contributed by atoms with Crippen molar-refractivity contribution in [1.29, 1.82) is 0 Å². The van der Waals surface area contributed by atoms with Crippen LogP contribution in [-0.2, 0) is 6.42 Å². The summed E-state index contributed by atoms with van der Waals surface area (Å²) in [6, 6.07) is 10.3. The summed E-state index contributed by atoms with van der Waals surface area (Å²) in [5.41, 5.74) is 9.17. The fourth-order valence-corrected chi connectivity index (χ4v) is 2.35. The SMILES string of the molecule is Cc1ccsc1Cc1ccc(N)cc1. The predicted octanol–water partition coefficient (Wildman–Crippen LogP) is 3.23. The van der Waals surface area contributed by atoms with Crippen LogP contribution in [0.25, 0.3) is 0 Å². The molecule has 0 unspecified atom stereocenters. The van der Waals surface area contributed by atoms with Crippen molar-refractivity contribution in [1.82, 2.24) is 0 Å². The van der Waals surface area contributed by atoms with Gasteiger partial charge in [-0.15, -0.1) is 11.3 Å². The van der Waals surface area contributed by atoms with Crippen LogP contribution in [0.2, 0.25) is 0 Å². The highest BCUT2D eigenvalue weighted by Gasteiger charge is 2.00. The Morgan fingerprint density at radius 2 is 1.86 bits per heavy atom. The Morgan fingerprint density at radius 1 is 1.14 bits per heavy atom. The van der Waals surface area contributed by atoms with Gasteiger partial charge in [-0.1, -0.05) is 12.1 Å². The zero-order chi connectivity index (χ0) is 9.97. The predicted molar refractivity (Wildman–Crippen MR) is 62.7 cm³/mol. The molecule has 2 N–H and O–H groups in total. The van der Waals surface area contributed by atoms with E-state index in [2.05, 4.69) is 30.5 Å². The summed E-state index contributed by atoms with van der Waals surface area (Å²) in [6.07, 6.45) is 1.02. The Labute approximate surface area is 88.2 Å². The molecule has 72 valence electrons. The molecule has 0 saturated heterocycles. The maximum Gasteiger partial charge on any atom is 0.0314 e. The molecule has 0 fully saturated rings. The number of thiophene rings is 1. The fourth-order valence-electron chi connectivity index (χ4n) is 1.41. The first-order chi connectivity index (χ1) is 6.75. The van der Waals surface area contributed by atoms with E-state index in [1.807, 2.05) is 23.5 Å². The van der Waals surface area contributed by atoms with Crippen LogP contribution < -0.4 is 5.73 Å². The van der Waals surface area contributed by atoms with Gasteiger partial charge in [0.1, 0.15) is 0 Å². The second-order valence-electron chi connectivity index (χ2n) is 3.45. The molecule has 0 amide bonds. The van der Waals surface area contributed by atoms with Gasteiger partial charge in [0.2, 0.25) is 0 Å². The van der Waals surface area contributed by atoms with E-state index in [1.54, 1.807) is 0 Å². The molecular weight excluding hydrogens is 190 g/mol. The van der Waals surface area contributed by atoms with Crippen LogP contribution in [0.1, 0.15) is 16.0 Å². The summed E-state index contributed by atoms with van der Waals surface area (Å²) in [6.45, 7) is 2.16. The molecule has 1 nitrogen and oxygen atoms in total. The number of nitrogens with two attached hydrogens (primary N) is 1. The Kier molecular flexibility index (Phi) is 2.55. The van der Waals surface area contributed by atoms with Gasteiger partial charge >= 0.3 is 0 Å². The number of nitrogen functional groups attached to an aromatic ring is 1. The van der Waals surface area contributed by atoms with E-state index in [0.717, 1.165) is 12.1 Å². The summed E-state index contributed by atoms with van der Waals surface area (Å²) in [4.78, 5) is 1.44. The number of aryl methyl sites for hydroxylation is 1. The minimum Gasteiger partial charge on any atom is -0.399 e. The molecule has 1 aromatic carbocycles. The maximum atomic E-state index is 5.63. The lowest BCUT2D eigenvalue weighted by molar-refractivity contribution is 1.21. The first-order valence-corrected chi connectivity index (χ1v) is 5.51. The standard InChI is InChI=1S/C12H13NS/c1-9-6-7-14-12(9)8-10-2-4-11(13)5-3-10/h2-7H,8,13H2,1H3. The van der Waals surface area contributed by atoms with E-state index in [4.69, 9.17) is 5.73 Å². The third-order valence-corrected chi connectivity index (χ3v) is 3.34. The lowest BCUT2D eigenvalue weighted by Gasteiger charge is -2.01. The maximum absolute atomic E-state index is 5.63. The smallest absolute Gasteiger partial charge is 0.0314 e. The Hall–Kier alpha value is -1.28. The molecule has 2 rings (SSSR count). The van der Waals surface area contributed by atoms with Crippen LogP contribution >= 0.6 is 11.3 Å². The Bertz CT molecular complexity index is 414. The quantitative estimate of drug-likeness (QED) is 0.745. The summed E-state index contributed by atoms with van der Waals surface area (Å²) in [7, 11) is 0. The zero-order valence-electron chi connectivity index (χ0n) is 8.16. The molecule has 0 atom stereocenters. The highest BCUT2D eigenvalue weighted by atomic mass is 32.1. The van der Waals surface area contributed by atoms with Crippen molar-refractivity contribution in [2.75, 3.05) is 5.73 Å². The molecule has 1 aromatic heterocycles. The van der Waals surface area contributed by atoms with Crippen molar-refractivity contribution < 1.29 is 0 Å². The van der Waals surface area contributed by atoms with Gasteiger partial charge in [-0.3, -0.25) is 0 Å². The van der Waals surface area contributed by atoms with E-state index >= 15 is 0 Å². The number of hydrogen-bond acceptors (Lipinski definition) is 2. The average Bonchev–Trinajstić information content (AvgIpc) is 2.56. The van der Waals surface area contributed by atoms with Crippen molar-refractivity contribution in [3.05, 3.63) is 51.7 Å². The Balaban J connectivity index is 2.19. The lowest BCUT2D eigenvalue weighted by Crippen LogP contribution is -1.88. The van der Waals surface area contributed by atoms with Gasteiger partial charge in [0.25, 0.3) is 0 Å². The largest absolute Gasteiger partial charge is 0.399 e. The molecule has 1 heterocycles. The Morgan fingerprint density at radius 3 is 2.43 bits per heavy atom. The summed E-state index contributed by atoms with van der Waals surface area (Å²) < 4.78 is 0. The number of anilines is 1. The van der Waals surface area contributed by atoms with Gasteiger partial charge in [-0.25, -0.2) is 0 Å². The van der Waals surface area contributed by atoms with Crippen LogP contribution in [0.15, 0.2) is 35.7 Å². The minimum atomic E-state index is 0.830. The third-order valence-electron chi connectivity index (χ3n) is 2.31. The van der Waals surface area contributed by atoms with E-state index in [0.29, 0.717) is 0 Å². The van der Waals surface area contributed by atoms with Gasteiger partial charge in [0.15, 0.2) is 0 Å². The number of rotatable bonds is 2.